The van der Waals surface area contributed by atoms with E-state index in [0.717, 1.165) is 38.5 Å². The smallest absolute Gasteiger partial charge is 0.408 e. The third-order valence-corrected chi connectivity index (χ3v) is 8.28. The van der Waals surface area contributed by atoms with Crippen molar-refractivity contribution in [1.82, 2.24) is 10.2 Å². The minimum absolute atomic E-state index is 0.0323. The van der Waals surface area contributed by atoms with Crippen LogP contribution in [-0.4, -0.2) is 57.2 Å². The number of rotatable bonds is 4. The molecular formula is C23H35N3O5. The first-order chi connectivity index (χ1) is 14.4. The van der Waals surface area contributed by atoms with Crippen LogP contribution in [0, 0.1) is 23.2 Å². The topological polar surface area (TPSA) is 122 Å². The van der Waals surface area contributed by atoms with E-state index >= 15 is 0 Å². The molecular weight excluding hydrogens is 398 g/mol. The molecule has 1 saturated heterocycles. The lowest BCUT2D eigenvalue weighted by molar-refractivity contribution is -0.181. The molecule has 0 aromatic heterocycles. The van der Waals surface area contributed by atoms with E-state index in [1.165, 1.54) is 0 Å². The lowest BCUT2D eigenvalue weighted by atomic mass is 9.46. The highest BCUT2D eigenvalue weighted by Crippen LogP contribution is 2.63. The van der Waals surface area contributed by atoms with E-state index in [4.69, 9.17) is 10.5 Å². The quantitative estimate of drug-likeness (QED) is 0.623. The van der Waals surface area contributed by atoms with Gasteiger partial charge in [0.1, 0.15) is 17.7 Å². The summed E-state index contributed by atoms with van der Waals surface area (Å²) < 4.78 is 5.51. The van der Waals surface area contributed by atoms with Gasteiger partial charge in [-0.2, -0.15) is 0 Å². The first kappa shape index (κ1) is 21.0. The van der Waals surface area contributed by atoms with Crippen LogP contribution < -0.4 is 11.1 Å². The van der Waals surface area contributed by atoms with E-state index in [9.17, 15) is 19.5 Å². The second-order valence-corrected chi connectivity index (χ2v) is 12.1. The van der Waals surface area contributed by atoms with Crippen molar-refractivity contribution in [3.8, 4) is 0 Å². The average molecular weight is 434 g/mol. The molecule has 6 atom stereocenters. The molecule has 3 amide bonds. The van der Waals surface area contributed by atoms with Crippen LogP contribution in [0.15, 0.2) is 0 Å². The summed E-state index contributed by atoms with van der Waals surface area (Å²) >= 11 is 0. The van der Waals surface area contributed by atoms with Crippen molar-refractivity contribution < 1.29 is 24.2 Å². The van der Waals surface area contributed by atoms with Crippen LogP contribution in [0.3, 0.4) is 0 Å². The van der Waals surface area contributed by atoms with E-state index in [2.05, 4.69) is 5.32 Å². The maximum absolute atomic E-state index is 14.0. The molecule has 0 aromatic rings. The Morgan fingerprint density at radius 3 is 2.29 bits per heavy atom. The first-order valence-corrected chi connectivity index (χ1v) is 11.7. The predicted octanol–water partition coefficient (Wildman–Crippen LogP) is 1.69. The van der Waals surface area contributed by atoms with Crippen LogP contribution in [0.25, 0.3) is 0 Å². The van der Waals surface area contributed by atoms with Gasteiger partial charge in [-0.05, 0) is 89.9 Å². The number of piperidine rings is 1. The van der Waals surface area contributed by atoms with Crippen molar-refractivity contribution >= 4 is 17.9 Å². The fourth-order valence-corrected chi connectivity index (χ4v) is 7.70. The van der Waals surface area contributed by atoms with Gasteiger partial charge < -0.3 is 25.8 Å². The van der Waals surface area contributed by atoms with Gasteiger partial charge in [0.05, 0.1) is 5.60 Å². The van der Waals surface area contributed by atoms with E-state index < -0.39 is 40.7 Å². The number of nitrogens with zero attached hydrogens (tertiary/aromatic N) is 1. The molecule has 0 unspecified atom stereocenters. The van der Waals surface area contributed by atoms with Gasteiger partial charge in [0.2, 0.25) is 11.8 Å². The van der Waals surface area contributed by atoms with Crippen LogP contribution in [0.1, 0.15) is 72.1 Å². The monoisotopic (exact) mass is 433 g/mol. The molecule has 6 rings (SSSR count). The van der Waals surface area contributed by atoms with Crippen LogP contribution >= 0.6 is 0 Å². The predicted molar refractivity (Wildman–Crippen MR) is 112 cm³/mol. The average Bonchev–Trinajstić information content (AvgIpc) is 3.25. The molecule has 4 N–H and O–H groups in total. The number of carbonyl (C=O) groups is 3. The van der Waals surface area contributed by atoms with Crippen LogP contribution in [0.4, 0.5) is 4.79 Å². The minimum atomic E-state index is -0.819. The molecule has 4 bridgehead atoms. The Balaban J connectivity index is 1.47. The third kappa shape index (κ3) is 3.60. The molecule has 1 heterocycles. The maximum atomic E-state index is 14.0. The van der Waals surface area contributed by atoms with Gasteiger partial charge in [-0.25, -0.2) is 4.79 Å². The van der Waals surface area contributed by atoms with E-state index in [-0.39, 0.29) is 11.9 Å². The number of ether oxygens (including phenoxy) is 1. The van der Waals surface area contributed by atoms with Gasteiger partial charge in [-0.3, -0.25) is 9.59 Å². The Morgan fingerprint density at radius 1 is 1.10 bits per heavy atom. The van der Waals surface area contributed by atoms with Crippen LogP contribution in [0.5, 0.6) is 0 Å². The number of alkyl carbamates (subject to hydrolysis) is 1. The van der Waals surface area contributed by atoms with Crippen molar-refractivity contribution in [2.24, 2.45) is 28.9 Å². The summed E-state index contributed by atoms with van der Waals surface area (Å²) in [7, 11) is 0. The lowest BCUT2D eigenvalue weighted by Gasteiger charge is -2.62. The van der Waals surface area contributed by atoms with Gasteiger partial charge in [-0.15, -0.1) is 0 Å². The molecule has 8 nitrogen and oxygen atoms in total. The number of amides is 3. The van der Waals surface area contributed by atoms with Crippen molar-refractivity contribution in [3.05, 3.63) is 0 Å². The maximum Gasteiger partial charge on any atom is 0.408 e. The fraction of sp³-hybridized carbons (Fsp3) is 0.870. The zero-order valence-corrected chi connectivity index (χ0v) is 18.7. The second kappa shape index (κ2) is 6.59. The number of aliphatic hydroxyl groups is 1. The van der Waals surface area contributed by atoms with Crippen LogP contribution in [0.2, 0.25) is 0 Å². The first-order valence-electron chi connectivity index (χ1n) is 11.7. The molecule has 0 spiro atoms. The summed E-state index contributed by atoms with van der Waals surface area (Å²) in [6.45, 7) is 5.36. The molecule has 172 valence electrons. The molecule has 8 heteroatoms. The number of hydrogen-bond acceptors (Lipinski definition) is 5. The summed E-state index contributed by atoms with van der Waals surface area (Å²) in [6, 6.07) is -1.40. The van der Waals surface area contributed by atoms with E-state index in [1.807, 2.05) is 0 Å². The van der Waals surface area contributed by atoms with Crippen molar-refractivity contribution in [2.45, 2.75) is 101 Å². The van der Waals surface area contributed by atoms with Gasteiger partial charge >= 0.3 is 6.09 Å². The van der Waals surface area contributed by atoms with Gasteiger partial charge in [0.25, 0.3) is 0 Å². The molecule has 31 heavy (non-hydrogen) atoms. The Bertz CT molecular complexity index is 807. The molecule has 5 saturated carbocycles. The fourth-order valence-electron chi connectivity index (χ4n) is 7.70. The Morgan fingerprint density at radius 2 is 1.74 bits per heavy atom. The summed E-state index contributed by atoms with van der Waals surface area (Å²) in [6.07, 6.45) is 5.61. The largest absolute Gasteiger partial charge is 0.444 e. The molecule has 6 aliphatic rings. The minimum Gasteiger partial charge on any atom is -0.444 e. The van der Waals surface area contributed by atoms with Gasteiger partial charge in [0, 0.05) is 11.5 Å². The molecule has 0 aromatic carbocycles. The Labute approximate surface area is 183 Å². The van der Waals surface area contributed by atoms with Gasteiger partial charge in [0.15, 0.2) is 0 Å². The molecule has 0 radical (unpaired) electrons. The number of primary amides is 1. The van der Waals surface area contributed by atoms with Crippen molar-refractivity contribution in [2.75, 3.05) is 0 Å². The molecule has 5 aliphatic carbocycles. The number of nitrogens with one attached hydrogen (secondary N) is 1. The Hall–Kier alpha value is -1.83. The van der Waals surface area contributed by atoms with Crippen LogP contribution in [-0.2, 0) is 14.3 Å². The molecule has 1 aliphatic heterocycles. The highest BCUT2D eigenvalue weighted by atomic mass is 16.6. The lowest BCUT2D eigenvalue weighted by Crippen LogP contribution is -2.67. The normalized spacial score (nSPS) is 43.4. The van der Waals surface area contributed by atoms with E-state index in [1.54, 1.807) is 25.7 Å². The SMILES string of the molecule is CC(C)(C)OC(=O)N[C@H](C(=O)N1[C@H](C(N)=O)C[C@@H]2C[C@@H]21)C12C[C@H]3C[C@@H](CC(O)(C3)C1)C2. The summed E-state index contributed by atoms with van der Waals surface area (Å²) in [5.41, 5.74) is 3.66. The number of likely N-dealkylation sites (tertiary alicyclic amines) is 1. The highest BCUT2D eigenvalue weighted by molar-refractivity contribution is 5.92. The number of nitrogens with two attached hydrogens (primary N) is 1. The third-order valence-electron chi connectivity index (χ3n) is 8.28. The van der Waals surface area contributed by atoms with E-state index in [0.29, 0.717) is 30.6 Å². The van der Waals surface area contributed by atoms with Crippen molar-refractivity contribution in [1.29, 1.82) is 0 Å². The standard InChI is InChI=1S/C23H35N3O5/c1-21(2,3)31-20(29)25-17(19(28)26-15-5-14(15)6-16(26)18(24)27)22-7-12-4-13(8-22)10-23(30,9-12)11-22/h12-17,30H,4-11H2,1-3H3,(H2,24,27)(H,25,29)/t12-,13-,14+,15+,16+,17-,22?,23?/m1/s1. The number of fused-ring (bicyclic) bond motifs is 1. The van der Waals surface area contributed by atoms with Gasteiger partial charge in [-0.1, -0.05) is 0 Å². The summed E-state index contributed by atoms with van der Waals surface area (Å²) in [4.78, 5) is 40.5. The summed E-state index contributed by atoms with van der Waals surface area (Å²) in [5, 5.41) is 14.1. The zero-order chi connectivity index (χ0) is 22.3. The summed E-state index contributed by atoms with van der Waals surface area (Å²) in [5.74, 6) is 0.331. The highest BCUT2D eigenvalue weighted by Gasteiger charge is 2.64. The molecule has 6 fully saturated rings. The zero-order valence-electron chi connectivity index (χ0n) is 18.7. The second-order valence-electron chi connectivity index (χ2n) is 12.1. The van der Waals surface area contributed by atoms with Crippen molar-refractivity contribution in [3.63, 3.8) is 0 Å². The number of hydrogen-bond donors (Lipinski definition) is 3. The number of carbonyl (C=O) groups excluding carboxylic acids is 3. The Kier molecular flexibility index (Phi) is 4.47.